The van der Waals surface area contributed by atoms with Crippen molar-refractivity contribution in [1.29, 1.82) is 0 Å². The fraction of sp³-hybridized carbons (Fsp3) is 0.486. The molecule has 4 aliphatic rings. The number of benzene rings is 2. The van der Waals surface area contributed by atoms with E-state index in [4.69, 9.17) is 21.1 Å². The third kappa shape index (κ3) is 6.17. The lowest BCUT2D eigenvalue weighted by Crippen LogP contribution is -2.51. The Hall–Kier alpha value is -4.28. The van der Waals surface area contributed by atoms with Gasteiger partial charge in [-0.3, -0.25) is 0 Å². The number of piperidine rings is 1. The maximum absolute atomic E-state index is 17.0. The van der Waals surface area contributed by atoms with Crippen molar-refractivity contribution in [2.45, 2.75) is 57.2 Å². The Balaban J connectivity index is 1.16. The summed E-state index contributed by atoms with van der Waals surface area (Å²) in [6.45, 7) is 4.31. The highest BCUT2D eigenvalue weighted by Gasteiger charge is 2.46. The van der Waals surface area contributed by atoms with Crippen LogP contribution in [0.1, 0.15) is 49.8 Å². The predicted octanol–water partition coefficient (Wildman–Crippen LogP) is 6.36. The first kappa shape index (κ1) is 32.9. The van der Waals surface area contributed by atoms with E-state index in [2.05, 4.69) is 26.0 Å². The largest absolute Gasteiger partial charge is 0.508 e. The molecule has 13 heteroatoms. The van der Waals surface area contributed by atoms with E-state index in [9.17, 15) is 22.7 Å². The molecule has 2 aromatic carbocycles. The molecule has 0 unspecified atom stereocenters. The van der Waals surface area contributed by atoms with Gasteiger partial charge in [-0.25, -0.2) is 13.8 Å². The molecule has 8 nitrogen and oxygen atoms in total. The fourth-order valence-corrected chi connectivity index (χ4v) is 8.08. The van der Waals surface area contributed by atoms with E-state index in [1.54, 1.807) is 0 Å². The Labute approximate surface area is 286 Å². The van der Waals surface area contributed by atoms with E-state index in [1.165, 1.54) is 24.3 Å². The number of nitrogens with zero attached hydrogens (tertiary/aromatic N) is 5. The Morgan fingerprint density at radius 1 is 1.04 bits per heavy atom. The molecular formula is C37H37F5N6O2. The zero-order valence-corrected chi connectivity index (χ0v) is 27.4. The third-order valence-corrected chi connectivity index (χ3v) is 10.9. The molecule has 2 aromatic heterocycles. The molecule has 3 fully saturated rings. The summed E-state index contributed by atoms with van der Waals surface area (Å²) >= 11 is 0. The number of phenolic OH excluding ortho intramolecular Hbond substituents is 1. The van der Waals surface area contributed by atoms with E-state index in [0.29, 0.717) is 74.3 Å². The monoisotopic (exact) mass is 692 g/mol. The molecule has 0 spiro atoms. The molecule has 1 saturated carbocycles. The van der Waals surface area contributed by atoms with Gasteiger partial charge in [0, 0.05) is 55.0 Å². The van der Waals surface area contributed by atoms with Gasteiger partial charge in [0.25, 0.3) is 0 Å². The van der Waals surface area contributed by atoms with Gasteiger partial charge in [0.05, 0.1) is 23.3 Å². The topological polar surface area (TPSA) is 86.6 Å². The van der Waals surface area contributed by atoms with Crippen molar-refractivity contribution < 1.29 is 31.8 Å². The van der Waals surface area contributed by atoms with Crippen LogP contribution >= 0.6 is 0 Å². The molecule has 0 radical (unpaired) electrons. The fourth-order valence-electron chi connectivity index (χ4n) is 8.08. The molecule has 50 heavy (non-hydrogen) atoms. The molecule has 0 amide bonds. The molecular weight excluding hydrogens is 655 g/mol. The van der Waals surface area contributed by atoms with Crippen molar-refractivity contribution in [3.05, 3.63) is 47.2 Å². The summed E-state index contributed by atoms with van der Waals surface area (Å²) in [6.07, 6.45) is 4.92. The lowest BCUT2D eigenvalue weighted by atomic mass is 9.92. The summed E-state index contributed by atoms with van der Waals surface area (Å²) in [5.41, 5.74) is 0.442. The second-order valence-corrected chi connectivity index (χ2v) is 14.4. The Morgan fingerprint density at radius 2 is 1.84 bits per heavy atom. The number of terminal acetylenes is 1. The molecule has 0 bridgehead atoms. The maximum atomic E-state index is 17.0. The van der Waals surface area contributed by atoms with Crippen LogP contribution in [0.5, 0.6) is 11.8 Å². The number of anilines is 1. The van der Waals surface area contributed by atoms with Gasteiger partial charge in [-0.15, -0.1) is 6.42 Å². The number of ether oxygens (including phenoxy) is 1. The molecule has 3 aliphatic heterocycles. The lowest BCUT2D eigenvalue weighted by Gasteiger charge is -2.36. The van der Waals surface area contributed by atoms with Crippen LogP contribution in [0.25, 0.3) is 32.9 Å². The number of hydrogen-bond acceptors (Lipinski definition) is 8. The number of phenols is 1. The van der Waals surface area contributed by atoms with Gasteiger partial charge < -0.3 is 25.0 Å². The zero-order valence-electron chi connectivity index (χ0n) is 27.4. The molecule has 1 aliphatic carbocycles. The van der Waals surface area contributed by atoms with Gasteiger partial charge in [0.2, 0.25) is 0 Å². The highest BCUT2D eigenvalue weighted by molar-refractivity contribution is 6.03. The van der Waals surface area contributed by atoms with E-state index in [-0.39, 0.29) is 56.9 Å². The minimum absolute atomic E-state index is 0.0240. The third-order valence-electron chi connectivity index (χ3n) is 10.9. The Kier molecular flexibility index (Phi) is 8.22. The predicted molar refractivity (Wildman–Crippen MR) is 179 cm³/mol. The van der Waals surface area contributed by atoms with Crippen molar-refractivity contribution in [2.75, 3.05) is 50.8 Å². The Morgan fingerprint density at radius 3 is 2.58 bits per heavy atom. The highest BCUT2D eigenvalue weighted by Crippen LogP contribution is 2.48. The van der Waals surface area contributed by atoms with Crippen LogP contribution in [0.2, 0.25) is 0 Å². The number of halogens is 5. The smallest absolute Gasteiger partial charge is 0.389 e. The molecule has 2 saturated heterocycles. The van der Waals surface area contributed by atoms with Crippen LogP contribution in [-0.4, -0.2) is 83.1 Å². The van der Waals surface area contributed by atoms with Crippen molar-refractivity contribution >= 4 is 27.5 Å². The van der Waals surface area contributed by atoms with Crippen LogP contribution in [0.4, 0.5) is 27.8 Å². The van der Waals surface area contributed by atoms with Crippen molar-refractivity contribution in [1.82, 2.24) is 25.2 Å². The number of alkyl halides is 3. The second-order valence-electron chi connectivity index (χ2n) is 14.4. The van der Waals surface area contributed by atoms with E-state index in [1.807, 2.05) is 0 Å². The standard InChI is InChI=1S/C37H37F5N6O2/c1-2-25-27(38)5-3-22-15-24(49)16-26(29(22)25)32-31(39)33-30-28(44-32)6-4-23-18-43-11-14-48(23)34(30)46-35(45-33)50-20-36(9-10-36)19-47-12-7-21(8-13-47)17-37(40,41)42/h1,3,5,15-16,21,23,43,49H,4,6-14,17-20H2/t23-/m1/s1. The number of hydrogen-bond donors (Lipinski definition) is 2. The molecule has 5 heterocycles. The first-order valence-corrected chi connectivity index (χ1v) is 17.2. The summed E-state index contributed by atoms with van der Waals surface area (Å²) in [5.74, 6) is 1.05. The molecule has 2 N–H and O–H groups in total. The lowest BCUT2D eigenvalue weighted by molar-refractivity contribution is -0.147. The zero-order chi connectivity index (χ0) is 34.8. The number of aromatic hydroxyl groups is 1. The van der Waals surface area contributed by atoms with Crippen molar-refractivity contribution in [3.8, 4) is 35.4 Å². The number of aryl methyl sites for hydroxylation is 1. The average Bonchev–Trinajstić information content (AvgIpc) is 3.88. The van der Waals surface area contributed by atoms with E-state index < -0.39 is 24.2 Å². The number of likely N-dealkylation sites (tertiary alicyclic amines) is 1. The van der Waals surface area contributed by atoms with Gasteiger partial charge in [0.1, 0.15) is 28.6 Å². The van der Waals surface area contributed by atoms with E-state index >= 15 is 4.39 Å². The summed E-state index contributed by atoms with van der Waals surface area (Å²) in [7, 11) is 0. The van der Waals surface area contributed by atoms with Gasteiger partial charge >= 0.3 is 12.2 Å². The number of pyridine rings is 1. The summed E-state index contributed by atoms with van der Waals surface area (Å²) in [6, 6.07) is 5.60. The molecule has 262 valence electrons. The highest BCUT2D eigenvalue weighted by atomic mass is 19.4. The number of piperazine rings is 1. The van der Waals surface area contributed by atoms with Crippen LogP contribution in [0, 0.1) is 35.3 Å². The van der Waals surface area contributed by atoms with Crippen LogP contribution < -0.4 is 15.0 Å². The molecule has 8 rings (SSSR count). The second kappa shape index (κ2) is 12.5. The van der Waals surface area contributed by atoms with Crippen molar-refractivity contribution in [3.63, 3.8) is 0 Å². The van der Waals surface area contributed by atoms with Crippen LogP contribution in [0.15, 0.2) is 24.3 Å². The quantitative estimate of drug-likeness (QED) is 0.171. The SMILES string of the molecule is C#Cc1c(F)ccc2cc(O)cc(-c3nc4c5c(nc(OCC6(CN7CCC(CC(F)(F)F)CC7)CC6)nc5c3F)N3CCNC[C@H]3CC4)c12. The van der Waals surface area contributed by atoms with Gasteiger partial charge in [-0.05, 0) is 81.1 Å². The van der Waals surface area contributed by atoms with Crippen LogP contribution in [-0.2, 0) is 6.42 Å². The van der Waals surface area contributed by atoms with E-state index in [0.717, 1.165) is 32.4 Å². The first-order chi connectivity index (χ1) is 24.0. The maximum Gasteiger partial charge on any atom is 0.389 e. The number of nitrogens with one attached hydrogen (secondary N) is 1. The minimum atomic E-state index is -4.14. The number of rotatable bonds is 7. The number of aromatic nitrogens is 3. The summed E-state index contributed by atoms with van der Waals surface area (Å²) in [4.78, 5) is 18.7. The van der Waals surface area contributed by atoms with Crippen molar-refractivity contribution in [2.24, 2.45) is 11.3 Å². The van der Waals surface area contributed by atoms with Gasteiger partial charge in [0.15, 0.2) is 5.82 Å². The summed E-state index contributed by atoms with van der Waals surface area (Å²) < 4.78 is 77.0. The number of fused-ring (bicyclic) bond motifs is 3. The Bertz CT molecular complexity index is 2020. The van der Waals surface area contributed by atoms with Crippen LogP contribution in [0.3, 0.4) is 0 Å². The van der Waals surface area contributed by atoms with Gasteiger partial charge in [-0.2, -0.15) is 23.1 Å². The average molecular weight is 693 g/mol. The first-order valence-electron chi connectivity index (χ1n) is 17.2. The molecule has 4 aromatic rings. The normalized spacial score (nSPS) is 20.8. The summed E-state index contributed by atoms with van der Waals surface area (Å²) in [5, 5.41) is 15.3. The minimum Gasteiger partial charge on any atom is -0.508 e. The molecule has 1 atom stereocenters. The van der Waals surface area contributed by atoms with Gasteiger partial charge in [-0.1, -0.05) is 12.0 Å².